The van der Waals surface area contributed by atoms with E-state index in [1.54, 1.807) is 29.2 Å². The zero-order valence-electron chi connectivity index (χ0n) is 21.1. The van der Waals surface area contributed by atoms with Crippen LogP contribution in [0.5, 0.6) is 0 Å². The number of amides is 1. The molecule has 5 rings (SSSR count). The molecule has 1 amide bonds. The fourth-order valence-corrected chi connectivity index (χ4v) is 5.33. The van der Waals surface area contributed by atoms with Gasteiger partial charge in [0.05, 0.1) is 11.8 Å². The number of fused-ring (bicyclic) bond motifs is 1. The first kappa shape index (κ1) is 24.4. The number of piperidine rings is 1. The average Bonchev–Trinajstić information content (AvgIpc) is 3.39. The number of rotatable bonds is 6. The molecule has 0 spiro atoms. The van der Waals surface area contributed by atoms with Crippen LogP contribution in [-0.4, -0.2) is 56.2 Å². The summed E-state index contributed by atoms with van der Waals surface area (Å²) in [5, 5.41) is 4.32. The number of hydrogen-bond acceptors (Lipinski definition) is 4. The Labute approximate surface area is 211 Å². The zero-order valence-corrected chi connectivity index (χ0v) is 21.1. The van der Waals surface area contributed by atoms with Crippen LogP contribution in [0.1, 0.15) is 60.8 Å². The number of pyridine rings is 1. The first-order chi connectivity index (χ1) is 17.4. The van der Waals surface area contributed by atoms with E-state index < -0.39 is 0 Å². The van der Waals surface area contributed by atoms with Crippen LogP contribution in [0.3, 0.4) is 0 Å². The summed E-state index contributed by atoms with van der Waals surface area (Å²) < 4.78 is 17.7. The lowest BCUT2D eigenvalue weighted by atomic mass is 9.98. The van der Waals surface area contributed by atoms with E-state index in [1.165, 1.54) is 31.4 Å². The van der Waals surface area contributed by atoms with E-state index in [9.17, 15) is 14.0 Å². The molecule has 2 aromatic heterocycles. The molecule has 1 aromatic carbocycles. The number of hydrogen-bond donors (Lipinski definition) is 0. The van der Waals surface area contributed by atoms with Gasteiger partial charge in [0.1, 0.15) is 5.82 Å². The molecule has 1 fully saturated rings. The minimum Gasteiger partial charge on any atom is -0.334 e. The first-order valence-corrected chi connectivity index (χ1v) is 13.0. The summed E-state index contributed by atoms with van der Waals surface area (Å²) >= 11 is 0. The predicted octanol–water partition coefficient (Wildman–Crippen LogP) is 4.12. The summed E-state index contributed by atoms with van der Waals surface area (Å²) in [4.78, 5) is 31.2. The molecular weight excluding hydrogens is 457 g/mol. The molecule has 1 saturated heterocycles. The Morgan fingerprint density at radius 3 is 2.61 bits per heavy atom. The molecule has 0 unspecified atom stereocenters. The normalized spacial score (nSPS) is 16.4. The van der Waals surface area contributed by atoms with Gasteiger partial charge in [0.15, 0.2) is 0 Å². The molecule has 0 atom stereocenters. The maximum atomic E-state index is 14.1. The summed E-state index contributed by atoms with van der Waals surface area (Å²) in [5.41, 5.74) is 3.46. The molecule has 8 heteroatoms. The van der Waals surface area contributed by atoms with Gasteiger partial charge < -0.3 is 14.4 Å². The van der Waals surface area contributed by atoms with E-state index in [4.69, 9.17) is 0 Å². The Hall–Kier alpha value is -3.26. The highest BCUT2D eigenvalue weighted by Gasteiger charge is 2.27. The standard InChI is InChI=1S/C28H34FN5O2/c1-20(2)34-19-23(17-30-34)27(35)32-12-9-26-22(18-32)16-25(21-7-6-8-24(29)15-21)28(36)33(26)14-13-31-10-4-3-5-11-31/h6-8,15-17,19-20H,3-5,9-14,18H2,1-2H3. The largest absolute Gasteiger partial charge is 0.334 e. The van der Waals surface area contributed by atoms with Crippen LogP contribution in [0.15, 0.2) is 47.5 Å². The van der Waals surface area contributed by atoms with Crippen LogP contribution < -0.4 is 5.56 Å². The van der Waals surface area contributed by atoms with Crippen LogP contribution in [0, 0.1) is 5.82 Å². The van der Waals surface area contributed by atoms with Crippen LogP contribution >= 0.6 is 0 Å². The van der Waals surface area contributed by atoms with Crippen LogP contribution in [0.2, 0.25) is 0 Å². The molecule has 0 radical (unpaired) electrons. The number of halogens is 1. The second kappa shape index (κ2) is 10.4. The van der Waals surface area contributed by atoms with E-state index in [-0.39, 0.29) is 23.3 Å². The smallest absolute Gasteiger partial charge is 0.258 e. The maximum absolute atomic E-state index is 14.1. The van der Waals surface area contributed by atoms with Crippen molar-refractivity contribution in [3.8, 4) is 11.1 Å². The van der Waals surface area contributed by atoms with Crippen molar-refractivity contribution in [3.63, 3.8) is 0 Å². The van der Waals surface area contributed by atoms with Crippen molar-refractivity contribution in [1.29, 1.82) is 0 Å². The van der Waals surface area contributed by atoms with Crippen molar-refractivity contribution in [2.75, 3.05) is 26.2 Å². The van der Waals surface area contributed by atoms with E-state index in [1.807, 2.05) is 29.4 Å². The van der Waals surface area contributed by atoms with Gasteiger partial charge in [0.2, 0.25) is 0 Å². The monoisotopic (exact) mass is 491 g/mol. The lowest BCUT2D eigenvalue weighted by Gasteiger charge is -2.32. The molecule has 0 aliphatic carbocycles. The second-order valence-corrected chi connectivity index (χ2v) is 10.2. The van der Waals surface area contributed by atoms with Gasteiger partial charge >= 0.3 is 0 Å². The molecule has 2 aliphatic rings. The van der Waals surface area contributed by atoms with Crippen molar-refractivity contribution < 1.29 is 9.18 Å². The molecule has 190 valence electrons. The summed E-state index contributed by atoms with van der Waals surface area (Å²) in [6.07, 6.45) is 7.68. The Morgan fingerprint density at radius 1 is 1.08 bits per heavy atom. The number of benzene rings is 1. The summed E-state index contributed by atoms with van der Waals surface area (Å²) in [6, 6.07) is 8.23. The molecule has 0 bridgehead atoms. The Morgan fingerprint density at radius 2 is 1.89 bits per heavy atom. The van der Waals surface area contributed by atoms with Crippen LogP contribution in [-0.2, 0) is 19.5 Å². The number of likely N-dealkylation sites (tertiary alicyclic amines) is 1. The lowest BCUT2D eigenvalue weighted by molar-refractivity contribution is 0.0731. The third-order valence-electron chi connectivity index (χ3n) is 7.36. The fraction of sp³-hybridized carbons (Fsp3) is 0.464. The van der Waals surface area contributed by atoms with Crippen molar-refractivity contribution >= 4 is 5.91 Å². The first-order valence-electron chi connectivity index (χ1n) is 13.0. The van der Waals surface area contributed by atoms with Crippen molar-refractivity contribution in [1.82, 2.24) is 24.1 Å². The number of carbonyl (C=O) groups excluding carboxylic acids is 1. The van der Waals surface area contributed by atoms with E-state index in [2.05, 4.69) is 10.00 Å². The summed E-state index contributed by atoms with van der Waals surface area (Å²) in [5.74, 6) is -0.436. The van der Waals surface area contributed by atoms with Crippen molar-refractivity contribution in [2.45, 2.75) is 58.7 Å². The molecule has 0 N–H and O–H groups in total. The Balaban J connectivity index is 1.48. The highest BCUT2D eigenvalue weighted by molar-refractivity contribution is 5.93. The van der Waals surface area contributed by atoms with Gasteiger partial charge in [-0.1, -0.05) is 18.6 Å². The third kappa shape index (κ3) is 5.00. The summed E-state index contributed by atoms with van der Waals surface area (Å²) in [6.45, 7) is 8.54. The molecule has 7 nitrogen and oxygen atoms in total. The van der Waals surface area contributed by atoms with Gasteiger partial charge in [-0.3, -0.25) is 14.3 Å². The fourth-order valence-electron chi connectivity index (χ4n) is 5.33. The molecule has 2 aliphatic heterocycles. The summed E-state index contributed by atoms with van der Waals surface area (Å²) in [7, 11) is 0. The van der Waals surface area contributed by atoms with Crippen molar-refractivity contribution in [2.24, 2.45) is 0 Å². The number of aromatic nitrogens is 3. The molecular formula is C28H34FN5O2. The molecule has 3 aromatic rings. The molecule has 0 saturated carbocycles. The maximum Gasteiger partial charge on any atom is 0.258 e. The number of carbonyl (C=O) groups is 1. The third-order valence-corrected chi connectivity index (χ3v) is 7.36. The minimum absolute atomic E-state index is 0.0640. The van der Waals surface area contributed by atoms with E-state index >= 15 is 0 Å². The van der Waals surface area contributed by atoms with Gasteiger partial charge in [-0.2, -0.15) is 5.10 Å². The van der Waals surface area contributed by atoms with Crippen LogP contribution in [0.4, 0.5) is 4.39 Å². The van der Waals surface area contributed by atoms with Gasteiger partial charge in [0.25, 0.3) is 11.5 Å². The predicted molar refractivity (Wildman–Crippen MR) is 137 cm³/mol. The zero-order chi connectivity index (χ0) is 25.2. The van der Waals surface area contributed by atoms with Crippen molar-refractivity contribution in [3.05, 3.63) is 75.7 Å². The molecule has 4 heterocycles. The van der Waals surface area contributed by atoms with Gasteiger partial charge in [-0.15, -0.1) is 0 Å². The SMILES string of the molecule is CC(C)n1cc(C(=O)N2CCc3c(cc(-c4cccc(F)c4)c(=O)n3CCN3CCCCC3)C2)cn1. The number of nitrogens with zero attached hydrogens (tertiary/aromatic N) is 5. The van der Waals surface area contributed by atoms with Gasteiger partial charge in [-0.25, -0.2) is 4.39 Å². The second-order valence-electron chi connectivity index (χ2n) is 10.2. The topological polar surface area (TPSA) is 63.4 Å². The minimum atomic E-state index is -0.372. The Kier molecular flexibility index (Phi) is 7.05. The van der Waals surface area contributed by atoms with E-state index in [0.29, 0.717) is 42.7 Å². The van der Waals surface area contributed by atoms with Crippen LogP contribution in [0.25, 0.3) is 11.1 Å². The quantitative estimate of drug-likeness (QED) is 0.521. The molecule has 36 heavy (non-hydrogen) atoms. The highest BCUT2D eigenvalue weighted by Crippen LogP contribution is 2.25. The van der Waals surface area contributed by atoms with E-state index in [0.717, 1.165) is 30.9 Å². The highest BCUT2D eigenvalue weighted by atomic mass is 19.1. The Bertz CT molecular complexity index is 1310. The lowest BCUT2D eigenvalue weighted by Crippen LogP contribution is -2.41. The van der Waals surface area contributed by atoms with Gasteiger partial charge in [-0.05, 0) is 69.1 Å². The average molecular weight is 492 g/mol. The van der Waals surface area contributed by atoms with Gasteiger partial charge in [0, 0.05) is 56.1 Å².